The van der Waals surface area contributed by atoms with E-state index in [0.29, 0.717) is 0 Å². The van der Waals surface area contributed by atoms with Crippen LogP contribution in [0.5, 0.6) is 0 Å². The molecule has 0 saturated carbocycles. The van der Waals surface area contributed by atoms with E-state index in [1.165, 1.54) is 0 Å². The Kier molecular flexibility index (Phi) is 9.05. The maximum Gasteiger partial charge on any atom is 0.0102 e. The minimum atomic E-state index is 0.747. The zero-order chi connectivity index (χ0) is 9.94. The molecule has 0 aliphatic heterocycles. The van der Waals surface area contributed by atoms with Crippen LogP contribution in [-0.4, -0.2) is 31.6 Å². The summed E-state index contributed by atoms with van der Waals surface area (Å²) in [6.45, 7) is 6.51. The van der Waals surface area contributed by atoms with E-state index in [1.54, 1.807) is 0 Å². The van der Waals surface area contributed by atoms with Gasteiger partial charge in [0.05, 0.1) is 0 Å². The van der Waals surface area contributed by atoms with Crippen LogP contribution in [0.15, 0.2) is 24.8 Å². The van der Waals surface area contributed by atoms with E-state index < -0.39 is 0 Å². The summed E-state index contributed by atoms with van der Waals surface area (Å²) in [5.41, 5.74) is 5.43. The fourth-order valence-corrected chi connectivity index (χ4v) is 1.08. The summed E-state index contributed by atoms with van der Waals surface area (Å²) in [4.78, 5) is 2.25. The number of unbranched alkanes of at least 4 members (excludes halogenated alkanes) is 1. The van der Waals surface area contributed by atoms with Crippen molar-refractivity contribution in [3.05, 3.63) is 24.8 Å². The van der Waals surface area contributed by atoms with Crippen molar-refractivity contribution in [2.45, 2.75) is 19.3 Å². The van der Waals surface area contributed by atoms with Crippen LogP contribution in [0.1, 0.15) is 19.3 Å². The highest BCUT2D eigenvalue weighted by molar-refractivity contribution is 4.84. The van der Waals surface area contributed by atoms with Gasteiger partial charge in [-0.1, -0.05) is 18.2 Å². The second-order valence-electron chi connectivity index (χ2n) is 3.22. The Balaban J connectivity index is 3.22. The van der Waals surface area contributed by atoms with Gasteiger partial charge in [0, 0.05) is 19.6 Å². The summed E-state index contributed by atoms with van der Waals surface area (Å²) in [6, 6.07) is 0. The number of hydrogen-bond acceptors (Lipinski definition) is 2. The Labute approximate surface area is 82.1 Å². The number of allylic oxidation sites excluding steroid dienone is 2. The lowest BCUT2D eigenvalue weighted by atomic mass is 10.2. The lowest BCUT2D eigenvalue weighted by molar-refractivity contribution is 0.350. The third-order valence-corrected chi connectivity index (χ3v) is 1.89. The van der Waals surface area contributed by atoms with Gasteiger partial charge in [-0.05, 0) is 26.3 Å². The van der Waals surface area contributed by atoms with Crippen LogP contribution in [0.3, 0.4) is 0 Å². The summed E-state index contributed by atoms with van der Waals surface area (Å²) in [6.07, 6.45) is 9.71. The molecule has 13 heavy (non-hydrogen) atoms. The van der Waals surface area contributed by atoms with E-state index in [4.69, 9.17) is 5.73 Å². The lowest BCUT2D eigenvalue weighted by Crippen LogP contribution is -2.26. The number of likely N-dealkylation sites (N-methyl/N-ethyl adjacent to an activating group) is 1. The van der Waals surface area contributed by atoms with Crippen molar-refractivity contribution in [1.82, 2.24) is 4.90 Å². The lowest BCUT2D eigenvalue weighted by Gasteiger charge is -2.13. The Bertz CT molecular complexity index is 141. The SMILES string of the molecule is C=CCCC=CCCN(C)CCN. The van der Waals surface area contributed by atoms with Gasteiger partial charge in [-0.15, -0.1) is 6.58 Å². The summed E-state index contributed by atoms with van der Waals surface area (Å²) in [5, 5.41) is 0. The van der Waals surface area contributed by atoms with Crippen molar-refractivity contribution in [2.24, 2.45) is 5.73 Å². The molecule has 2 N–H and O–H groups in total. The average Bonchev–Trinajstić information content (AvgIpc) is 2.11. The van der Waals surface area contributed by atoms with E-state index >= 15 is 0 Å². The molecule has 0 aliphatic carbocycles. The number of nitrogens with zero attached hydrogens (tertiary/aromatic N) is 1. The molecular weight excluding hydrogens is 160 g/mol. The standard InChI is InChI=1S/C11H22N2/c1-3-4-5-6-7-8-10-13(2)11-9-12/h3,6-7H,1,4-5,8-12H2,2H3. The number of hydrogen-bond donors (Lipinski definition) is 1. The number of nitrogens with two attached hydrogens (primary N) is 1. The quantitative estimate of drug-likeness (QED) is 0.458. The van der Waals surface area contributed by atoms with E-state index in [9.17, 15) is 0 Å². The van der Waals surface area contributed by atoms with Gasteiger partial charge < -0.3 is 10.6 Å². The molecule has 0 spiro atoms. The summed E-state index contributed by atoms with van der Waals surface area (Å²) in [5.74, 6) is 0. The molecule has 0 aromatic carbocycles. The second-order valence-corrected chi connectivity index (χ2v) is 3.22. The van der Waals surface area contributed by atoms with Crippen LogP contribution in [0.2, 0.25) is 0 Å². The Morgan fingerprint density at radius 2 is 1.85 bits per heavy atom. The van der Waals surface area contributed by atoms with Gasteiger partial charge in [0.2, 0.25) is 0 Å². The third-order valence-electron chi connectivity index (χ3n) is 1.89. The van der Waals surface area contributed by atoms with Crippen LogP contribution in [0.25, 0.3) is 0 Å². The number of rotatable bonds is 8. The van der Waals surface area contributed by atoms with Crippen molar-refractivity contribution >= 4 is 0 Å². The zero-order valence-electron chi connectivity index (χ0n) is 8.71. The molecule has 0 aromatic heterocycles. The summed E-state index contributed by atoms with van der Waals surface area (Å²) < 4.78 is 0. The van der Waals surface area contributed by atoms with Crippen LogP contribution in [0, 0.1) is 0 Å². The first kappa shape index (κ1) is 12.4. The largest absolute Gasteiger partial charge is 0.329 e. The van der Waals surface area contributed by atoms with Crippen molar-refractivity contribution in [3.63, 3.8) is 0 Å². The fourth-order valence-electron chi connectivity index (χ4n) is 1.08. The molecule has 2 nitrogen and oxygen atoms in total. The minimum Gasteiger partial charge on any atom is -0.329 e. The van der Waals surface area contributed by atoms with E-state index in [-0.39, 0.29) is 0 Å². The molecule has 0 heterocycles. The van der Waals surface area contributed by atoms with Gasteiger partial charge in [-0.25, -0.2) is 0 Å². The fraction of sp³-hybridized carbons (Fsp3) is 0.636. The maximum atomic E-state index is 5.43. The van der Waals surface area contributed by atoms with Crippen LogP contribution < -0.4 is 5.73 Å². The second kappa shape index (κ2) is 9.49. The molecule has 0 bridgehead atoms. The minimum absolute atomic E-state index is 0.747. The van der Waals surface area contributed by atoms with Gasteiger partial charge >= 0.3 is 0 Å². The van der Waals surface area contributed by atoms with E-state index in [0.717, 1.165) is 38.9 Å². The monoisotopic (exact) mass is 182 g/mol. The topological polar surface area (TPSA) is 29.3 Å². The molecule has 0 atom stereocenters. The van der Waals surface area contributed by atoms with Crippen molar-refractivity contribution in [3.8, 4) is 0 Å². The van der Waals surface area contributed by atoms with Crippen molar-refractivity contribution < 1.29 is 0 Å². The first-order valence-electron chi connectivity index (χ1n) is 4.95. The van der Waals surface area contributed by atoms with Gasteiger partial charge in [0.1, 0.15) is 0 Å². The Morgan fingerprint density at radius 1 is 1.15 bits per heavy atom. The molecular formula is C11H22N2. The predicted molar refractivity (Wildman–Crippen MR) is 59.7 cm³/mol. The molecule has 0 amide bonds. The normalized spacial score (nSPS) is 11.3. The molecule has 0 radical (unpaired) electrons. The molecule has 0 fully saturated rings. The molecule has 0 unspecified atom stereocenters. The Morgan fingerprint density at radius 3 is 2.46 bits per heavy atom. The first-order chi connectivity index (χ1) is 6.31. The molecule has 0 aromatic rings. The van der Waals surface area contributed by atoms with Crippen LogP contribution >= 0.6 is 0 Å². The van der Waals surface area contributed by atoms with Crippen molar-refractivity contribution in [1.29, 1.82) is 0 Å². The molecule has 2 heteroatoms. The molecule has 76 valence electrons. The zero-order valence-corrected chi connectivity index (χ0v) is 8.71. The summed E-state index contributed by atoms with van der Waals surface area (Å²) >= 11 is 0. The maximum absolute atomic E-state index is 5.43. The van der Waals surface area contributed by atoms with E-state index in [1.807, 2.05) is 6.08 Å². The van der Waals surface area contributed by atoms with Crippen molar-refractivity contribution in [2.75, 3.05) is 26.7 Å². The first-order valence-corrected chi connectivity index (χ1v) is 4.95. The molecule has 0 aliphatic rings. The smallest absolute Gasteiger partial charge is 0.0102 e. The highest BCUT2D eigenvalue weighted by Crippen LogP contribution is 1.94. The van der Waals surface area contributed by atoms with Gasteiger partial charge in [0.15, 0.2) is 0 Å². The third kappa shape index (κ3) is 9.31. The van der Waals surface area contributed by atoms with Gasteiger partial charge in [0.25, 0.3) is 0 Å². The predicted octanol–water partition coefficient (Wildman–Crippen LogP) is 1.79. The Hall–Kier alpha value is -0.600. The molecule has 0 rings (SSSR count). The van der Waals surface area contributed by atoms with E-state index in [2.05, 4.69) is 30.7 Å². The van der Waals surface area contributed by atoms with Crippen LogP contribution in [0.4, 0.5) is 0 Å². The summed E-state index contributed by atoms with van der Waals surface area (Å²) in [7, 11) is 2.10. The highest BCUT2D eigenvalue weighted by atomic mass is 15.1. The molecule has 0 saturated heterocycles. The average molecular weight is 182 g/mol. The highest BCUT2D eigenvalue weighted by Gasteiger charge is 1.92. The van der Waals surface area contributed by atoms with Gasteiger partial charge in [-0.3, -0.25) is 0 Å². The van der Waals surface area contributed by atoms with Gasteiger partial charge in [-0.2, -0.15) is 0 Å². The van der Waals surface area contributed by atoms with Crippen LogP contribution in [-0.2, 0) is 0 Å².